The van der Waals surface area contributed by atoms with Gasteiger partial charge in [0.2, 0.25) is 0 Å². The zero-order valence-electron chi connectivity index (χ0n) is 12.3. The first-order valence-electron chi connectivity index (χ1n) is 7.39. The van der Waals surface area contributed by atoms with Gasteiger partial charge in [-0.3, -0.25) is 9.78 Å². The molecule has 3 rings (SSSR count). The quantitative estimate of drug-likeness (QED) is 0.628. The predicted molar refractivity (Wildman–Crippen MR) is 79.2 cm³/mol. The minimum absolute atomic E-state index is 0.0813. The first-order valence-corrected chi connectivity index (χ1v) is 7.39. The van der Waals surface area contributed by atoms with Crippen molar-refractivity contribution in [1.29, 1.82) is 0 Å². The maximum absolute atomic E-state index is 13.8. The Balaban J connectivity index is 1.81. The van der Waals surface area contributed by atoms with Crippen LogP contribution < -0.4 is 5.56 Å². The highest BCUT2D eigenvalue weighted by Crippen LogP contribution is 2.33. The second-order valence-electron chi connectivity index (χ2n) is 5.67. The molecule has 1 aliphatic carbocycles. The van der Waals surface area contributed by atoms with Crippen molar-refractivity contribution in [3.05, 3.63) is 40.1 Å². The molecule has 0 atom stereocenters. The summed E-state index contributed by atoms with van der Waals surface area (Å²) in [6.45, 7) is 0.299. The average Bonchev–Trinajstić information content (AvgIpc) is 3.31. The molecule has 0 saturated heterocycles. The van der Waals surface area contributed by atoms with Crippen molar-refractivity contribution >= 4 is 17.0 Å². The van der Waals surface area contributed by atoms with E-state index in [0.29, 0.717) is 6.61 Å². The summed E-state index contributed by atoms with van der Waals surface area (Å²) in [5.74, 6) is -0.447. The monoisotopic (exact) mass is 304 g/mol. The number of carbonyl (C=O) groups excluding carboxylic acids is 1. The topological polar surface area (TPSA) is 61.2 Å². The number of aryl methyl sites for hydroxylation is 1. The zero-order valence-corrected chi connectivity index (χ0v) is 12.3. The summed E-state index contributed by atoms with van der Waals surface area (Å²) in [7, 11) is 1.42. The van der Waals surface area contributed by atoms with Crippen LogP contribution in [0.3, 0.4) is 0 Å². The Morgan fingerprint density at radius 1 is 1.50 bits per heavy atom. The number of ether oxygens (including phenoxy) is 1. The van der Waals surface area contributed by atoms with E-state index >= 15 is 0 Å². The maximum atomic E-state index is 13.8. The Labute approximate surface area is 126 Å². The third-order valence-electron chi connectivity index (χ3n) is 3.96. The van der Waals surface area contributed by atoms with E-state index in [1.807, 2.05) is 0 Å². The van der Waals surface area contributed by atoms with Crippen molar-refractivity contribution in [2.24, 2.45) is 13.0 Å². The van der Waals surface area contributed by atoms with Crippen LogP contribution in [0.1, 0.15) is 36.0 Å². The van der Waals surface area contributed by atoms with Gasteiger partial charge in [0.25, 0.3) is 5.56 Å². The number of rotatable bonds is 5. The van der Waals surface area contributed by atoms with Gasteiger partial charge in [-0.25, -0.2) is 9.18 Å². The minimum atomic E-state index is -0.677. The second kappa shape index (κ2) is 5.87. The number of hydrogen-bond acceptors (Lipinski definition) is 4. The number of carbonyl (C=O) groups is 1. The highest BCUT2D eigenvalue weighted by Gasteiger charge is 2.21. The summed E-state index contributed by atoms with van der Waals surface area (Å²) >= 11 is 0. The van der Waals surface area contributed by atoms with Crippen LogP contribution in [0.4, 0.5) is 4.39 Å². The predicted octanol–water partition coefficient (Wildman–Crippen LogP) is 2.42. The van der Waals surface area contributed by atoms with E-state index in [0.717, 1.165) is 23.3 Å². The van der Waals surface area contributed by atoms with Crippen molar-refractivity contribution < 1.29 is 13.9 Å². The van der Waals surface area contributed by atoms with Gasteiger partial charge >= 0.3 is 5.97 Å². The number of aromatic nitrogens is 2. The van der Waals surface area contributed by atoms with Crippen LogP contribution in [0.5, 0.6) is 0 Å². The van der Waals surface area contributed by atoms with Gasteiger partial charge in [-0.1, -0.05) is 12.8 Å². The van der Waals surface area contributed by atoms with Crippen LogP contribution in [0.2, 0.25) is 0 Å². The summed E-state index contributed by atoms with van der Waals surface area (Å²) in [6, 6.07) is 2.47. The molecule has 2 heterocycles. The summed E-state index contributed by atoms with van der Waals surface area (Å²) in [6.07, 6.45) is 5.67. The molecule has 1 aliphatic rings. The number of halogens is 1. The van der Waals surface area contributed by atoms with Crippen molar-refractivity contribution in [3.63, 3.8) is 0 Å². The average molecular weight is 304 g/mol. The Bertz CT molecular complexity index is 781. The molecule has 0 spiro atoms. The van der Waals surface area contributed by atoms with Gasteiger partial charge in [-0.05, 0) is 30.9 Å². The van der Waals surface area contributed by atoms with Gasteiger partial charge in [-0.2, -0.15) is 0 Å². The fraction of sp³-hybridized carbons (Fsp3) is 0.438. The first-order chi connectivity index (χ1) is 10.6. The zero-order chi connectivity index (χ0) is 15.7. The molecule has 0 amide bonds. The fourth-order valence-corrected chi connectivity index (χ4v) is 2.53. The lowest BCUT2D eigenvalue weighted by molar-refractivity contribution is 0.0494. The highest BCUT2D eigenvalue weighted by atomic mass is 19.1. The molecule has 2 aromatic rings. The lowest BCUT2D eigenvalue weighted by atomic mass is 10.2. The van der Waals surface area contributed by atoms with Gasteiger partial charge in [0.15, 0.2) is 5.82 Å². The maximum Gasteiger partial charge on any atom is 0.343 e. The Hall–Kier alpha value is -2.24. The van der Waals surface area contributed by atoms with Crippen molar-refractivity contribution in [2.45, 2.75) is 25.7 Å². The van der Waals surface area contributed by atoms with Crippen molar-refractivity contribution in [2.75, 3.05) is 6.61 Å². The number of esters is 1. The molecule has 0 unspecified atom stereocenters. The van der Waals surface area contributed by atoms with E-state index in [9.17, 15) is 14.0 Å². The first kappa shape index (κ1) is 14.7. The Morgan fingerprint density at radius 3 is 3.00 bits per heavy atom. The van der Waals surface area contributed by atoms with Crippen LogP contribution >= 0.6 is 0 Å². The molecular formula is C16H17FN2O3. The van der Waals surface area contributed by atoms with E-state index in [4.69, 9.17) is 4.74 Å². The molecule has 0 aliphatic heterocycles. The van der Waals surface area contributed by atoms with Crippen LogP contribution in [0.25, 0.3) is 11.0 Å². The molecule has 0 aromatic carbocycles. The van der Waals surface area contributed by atoms with Crippen LogP contribution in [0, 0.1) is 11.7 Å². The van der Waals surface area contributed by atoms with E-state index in [-0.39, 0.29) is 16.6 Å². The van der Waals surface area contributed by atoms with Crippen molar-refractivity contribution in [3.8, 4) is 0 Å². The molecule has 22 heavy (non-hydrogen) atoms. The largest absolute Gasteiger partial charge is 0.462 e. The van der Waals surface area contributed by atoms with Gasteiger partial charge in [0, 0.05) is 13.2 Å². The van der Waals surface area contributed by atoms with Gasteiger partial charge < -0.3 is 9.30 Å². The molecule has 0 radical (unpaired) electrons. The number of nitrogens with zero attached hydrogens (tertiary/aromatic N) is 2. The Kier molecular flexibility index (Phi) is 3.92. The van der Waals surface area contributed by atoms with E-state index in [1.54, 1.807) is 0 Å². The summed E-state index contributed by atoms with van der Waals surface area (Å²) in [5.41, 5.74) is -0.351. The summed E-state index contributed by atoms with van der Waals surface area (Å²) in [4.78, 5) is 28.3. The highest BCUT2D eigenvalue weighted by molar-refractivity contribution is 5.92. The number of hydrogen-bond donors (Lipinski definition) is 0. The molecule has 1 saturated carbocycles. The molecule has 2 aromatic heterocycles. The van der Waals surface area contributed by atoms with Crippen molar-refractivity contribution in [1.82, 2.24) is 9.55 Å². The normalized spacial score (nSPS) is 14.3. The van der Waals surface area contributed by atoms with Crippen LogP contribution in [0.15, 0.2) is 23.1 Å². The molecule has 1 fully saturated rings. The van der Waals surface area contributed by atoms with E-state index in [2.05, 4.69) is 4.98 Å². The van der Waals surface area contributed by atoms with Gasteiger partial charge in [0.05, 0.1) is 12.1 Å². The lowest BCUT2D eigenvalue weighted by Gasteiger charge is -2.09. The summed E-state index contributed by atoms with van der Waals surface area (Å²) < 4.78 is 20.0. The second-order valence-corrected chi connectivity index (χ2v) is 5.67. The third kappa shape index (κ3) is 2.86. The molecular weight excluding hydrogens is 287 g/mol. The van der Waals surface area contributed by atoms with Crippen LogP contribution in [-0.2, 0) is 11.8 Å². The van der Waals surface area contributed by atoms with E-state index < -0.39 is 17.3 Å². The lowest BCUT2D eigenvalue weighted by Crippen LogP contribution is -2.26. The standard InChI is InChI=1S/C16H17FN2O3/c1-19-14-12(17)6-7-18-13(14)9-11(15(19)20)16(21)22-8-2-3-10-4-5-10/h6-7,9-10H,2-5,8H2,1H3. The number of fused-ring (bicyclic) bond motifs is 1. The van der Waals surface area contributed by atoms with E-state index in [1.165, 1.54) is 38.2 Å². The smallest absolute Gasteiger partial charge is 0.343 e. The molecule has 6 heteroatoms. The molecule has 0 N–H and O–H groups in total. The van der Waals surface area contributed by atoms with Gasteiger partial charge in [-0.15, -0.1) is 0 Å². The molecule has 116 valence electrons. The van der Waals surface area contributed by atoms with Crippen LogP contribution in [-0.4, -0.2) is 22.1 Å². The summed E-state index contributed by atoms with van der Waals surface area (Å²) in [5, 5.41) is 0. The SMILES string of the molecule is Cn1c(=O)c(C(=O)OCCCC2CC2)cc2nccc(F)c21. The third-order valence-corrected chi connectivity index (χ3v) is 3.96. The minimum Gasteiger partial charge on any atom is -0.462 e. The Morgan fingerprint density at radius 2 is 2.27 bits per heavy atom. The number of pyridine rings is 2. The molecule has 5 nitrogen and oxygen atoms in total. The van der Waals surface area contributed by atoms with Gasteiger partial charge in [0.1, 0.15) is 11.1 Å². The molecule has 0 bridgehead atoms. The fourth-order valence-electron chi connectivity index (χ4n) is 2.53.